The first-order valence-electron chi connectivity index (χ1n) is 6.94. The quantitative estimate of drug-likeness (QED) is 0.884. The van der Waals surface area contributed by atoms with Crippen LogP contribution in [0.1, 0.15) is 29.8 Å². The number of benzene rings is 1. The summed E-state index contributed by atoms with van der Waals surface area (Å²) in [4.78, 5) is 19.9. The van der Waals surface area contributed by atoms with Gasteiger partial charge in [-0.3, -0.25) is 4.79 Å². The van der Waals surface area contributed by atoms with Crippen molar-refractivity contribution < 1.29 is 9.53 Å². The molecule has 5 heteroatoms. The van der Waals surface area contributed by atoms with E-state index in [9.17, 15) is 4.79 Å². The fourth-order valence-electron chi connectivity index (χ4n) is 1.84. The lowest BCUT2D eigenvalue weighted by Gasteiger charge is -2.10. The van der Waals surface area contributed by atoms with Gasteiger partial charge >= 0.3 is 0 Å². The molecule has 1 aromatic heterocycles. The molecule has 2 aromatic rings. The van der Waals surface area contributed by atoms with E-state index in [4.69, 9.17) is 4.74 Å². The molecule has 0 saturated carbocycles. The maximum atomic E-state index is 12.0. The average molecular weight is 285 g/mol. The van der Waals surface area contributed by atoms with Gasteiger partial charge in [0.25, 0.3) is 5.91 Å². The molecule has 0 bridgehead atoms. The summed E-state index contributed by atoms with van der Waals surface area (Å²) in [6.07, 6.45) is 5.82. The van der Waals surface area contributed by atoms with Crippen molar-refractivity contribution in [1.29, 1.82) is 0 Å². The Morgan fingerprint density at radius 1 is 1.19 bits per heavy atom. The first kappa shape index (κ1) is 15.0. The Morgan fingerprint density at radius 2 is 1.86 bits per heavy atom. The summed E-state index contributed by atoms with van der Waals surface area (Å²) in [5.41, 5.74) is 1.62. The number of carbonyl (C=O) groups excluding carboxylic acids is 1. The topological polar surface area (TPSA) is 64.1 Å². The van der Waals surface area contributed by atoms with Gasteiger partial charge in [-0.05, 0) is 50.1 Å². The van der Waals surface area contributed by atoms with Crippen LogP contribution in [0.15, 0.2) is 43.0 Å². The number of nitrogens with one attached hydrogen (secondary N) is 1. The van der Waals surface area contributed by atoms with Crippen LogP contribution >= 0.6 is 0 Å². The Balaban J connectivity index is 1.83. The molecule has 0 radical (unpaired) electrons. The van der Waals surface area contributed by atoms with Crippen LogP contribution in [0.4, 0.5) is 0 Å². The second kappa shape index (κ2) is 7.38. The van der Waals surface area contributed by atoms with E-state index in [0.717, 1.165) is 11.3 Å². The second-order valence-electron chi connectivity index (χ2n) is 4.94. The second-order valence-corrected chi connectivity index (χ2v) is 4.94. The highest BCUT2D eigenvalue weighted by molar-refractivity contribution is 5.94. The Hall–Kier alpha value is -2.43. The molecule has 1 aromatic carbocycles. The van der Waals surface area contributed by atoms with Gasteiger partial charge in [-0.2, -0.15) is 0 Å². The molecule has 1 heterocycles. The molecule has 0 saturated heterocycles. The lowest BCUT2D eigenvalue weighted by Crippen LogP contribution is -2.25. The highest BCUT2D eigenvalue weighted by atomic mass is 16.5. The van der Waals surface area contributed by atoms with E-state index in [1.54, 1.807) is 36.7 Å². The Labute approximate surface area is 124 Å². The van der Waals surface area contributed by atoms with Crippen LogP contribution in [0.3, 0.4) is 0 Å². The van der Waals surface area contributed by atoms with Gasteiger partial charge in [0.05, 0.1) is 6.10 Å². The molecule has 0 atom stereocenters. The number of hydrogen-bond donors (Lipinski definition) is 1. The Kier molecular flexibility index (Phi) is 5.26. The van der Waals surface area contributed by atoms with Gasteiger partial charge in [-0.1, -0.05) is 0 Å². The molecular formula is C16H19N3O2. The van der Waals surface area contributed by atoms with Crippen LogP contribution in [-0.2, 0) is 6.42 Å². The van der Waals surface area contributed by atoms with Crippen molar-refractivity contribution in [3.05, 3.63) is 54.1 Å². The van der Waals surface area contributed by atoms with E-state index in [1.807, 2.05) is 13.8 Å². The van der Waals surface area contributed by atoms with Gasteiger partial charge in [0.15, 0.2) is 0 Å². The zero-order valence-electron chi connectivity index (χ0n) is 12.2. The molecule has 1 N–H and O–H groups in total. The van der Waals surface area contributed by atoms with Gasteiger partial charge in [-0.15, -0.1) is 0 Å². The van der Waals surface area contributed by atoms with E-state index in [-0.39, 0.29) is 12.0 Å². The molecule has 5 nitrogen and oxygen atoms in total. The van der Waals surface area contributed by atoms with Gasteiger partial charge in [0.2, 0.25) is 0 Å². The maximum Gasteiger partial charge on any atom is 0.251 e. The molecule has 0 aliphatic carbocycles. The lowest BCUT2D eigenvalue weighted by atomic mass is 10.2. The number of nitrogens with zero attached hydrogens (tertiary/aromatic N) is 2. The summed E-state index contributed by atoms with van der Waals surface area (Å²) in [6.45, 7) is 4.48. The minimum atomic E-state index is -0.0945. The monoisotopic (exact) mass is 285 g/mol. The smallest absolute Gasteiger partial charge is 0.251 e. The van der Waals surface area contributed by atoms with Crippen LogP contribution in [0.25, 0.3) is 0 Å². The van der Waals surface area contributed by atoms with Crippen molar-refractivity contribution in [1.82, 2.24) is 15.3 Å². The predicted molar refractivity (Wildman–Crippen MR) is 80.3 cm³/mol. The average Bonchev–Trinajstić information content (AvgIpc) is 2.48. The summed E-state index contributed by atoms with van der Waals surface area (Å²) in [5, 5.41) is 2.87. The van der Waals surface area contributed by atoms with Crippen molar-refractivity contribution in [2.75, 3.05) is 6.54 Å². The van der Waals surface area contributed by atoms with Crippen molar-refractivity contribution in [3.8, 4) is 5.75 Å². The van der Waals surface area contributed by atoms with Crippen LogP contribution in [-0.4, -0.2) is 28.5 Å². The zero-order valence-corrected chi connectivity index (χ0v) is 12.2. The van der Waals surface area contributed by atoms with Crippen LogP contribution < -0.4 is 10.1 Å². The number of carbonyl (C=O) groups is 1. The normalized spacial score (nSPS) is 10.4. The molecule has 21 heavy (non-hydrogen) atoms. The minimum absolute atomic E-state index is 0.0945. The number of ether oxygens (including phenoxy) is 1. The SMILES string of the molecule is CC(C)Oc1ccc(C(=O)NCCc2cncnc2)cc1. The fourth-order valence-corrected chi connectivity index (χ4v) is 1.84. The van der Waals surface area contributed by atoms with Gasteiger partial charge in [-0.25, -0.2) is 9.97 Å². The first-order chi connectivity index (χ1) is 10.1. The summed E-state index contributed by atoms with van der Waals surface area (Å²) in [7, 11) is 0. The van der Waals surface area contributed by atoms with Crippen molar-refractivity contribution in [3.63, 3.8) is 0 Å². The zero-order chi connectivity index (χ0) is 15.1. The van der Waals surface area contributed by atoms with E-state index in [1.165, 1.54) is 6.33 Å². The highest BCUT2D eigenvalue weighted by Gasteiger charge is 2.05. The highest BCUT2D eigenvalue weighted by Crippen LogP contribution is 2.13. The van der Waals surface area contributed by atoms with Gasteiger partial charge < -0.3 is 10.1 Å². The molecule has 0 aliphatic heterocycles. The minimum Gasteiger partial charge on any atom is -0.491 e. The standard InChI is InChI=1S/C16H19N3O2/c1-12(2)21-15-5-3-14(4-6-15)16(20)19-8-7-13-9-17-11-18-10-13/h3-6,9-12H,7-8H2,1-2H3,(H,19,20). The van der Waals surface area contributed by atoms with E-state index in [2.05, 4.69) is 15.3 Å². The van der Waals surface area contributed by atoms with Gasteiger partial charge in [0.1, 0.15) is 12.1 Å². The van der Waals surface area contributed by atoms with Crippen LogP contribution in [0, 0.1) is 0 Å². The molecule has 0 fully saturated rings. The number of amides is 1. The molecule has 0 unspecified atom stereocenters. The van der Waals surface area contributed by atoms with Crippen molar-refractivity contribution in [2.45, 2.75) is 26.4 Å². The van der Waals surface area contributed by atoms with E-state index < -0.39 is 0 Å². The van der Waals surface area contributed by atoms with E-state index in [0.29, 0.717) is 18.5 Å². The van der Waals surface area contributed by atoms with Gasteiger partial charge in [0, 0.05) is 24.5 Å². The summed E-state index contributed by atoms with van der Waals surface area (Å²) >= 11 is 0. The number of rotatable bonds is 6. The molecule has 0 aliphatic rings. The summed E-state index contributed by atoms with van der Waals surface area (Å²) < 4.78 is 5.54. The number of aromatic nitrogens is 2. The third-order valence-electron chi connectivity index (χ3n) is 2.80. The Morgan fingerprint density at radius 3 is 2.48 bits per heavy atom. The third-order valence-corrected chi connectivity index (χ3v) is 2.80. The first-order valence-corrected chi connectivity index (χ1v) is 6.94. The van der Waals surface area contributed by atoms with E-state index >= 15 is 0 Å². The lowest BCUT2D eigenvalue weighted by molar-refractivity contribution is 0.0954. The maximum absolute atomic E-state index is 12.0. The van der Waals surface area contributed by atoms with Crippen LogP contribution in [0.5, 0.6) is 5.75 Å². The molecule has 110 valence electrons. The molecule has 1 amide bonds. The number of hydrogen-bond acceptors (Lipinski definition) is 4. The molecular weight excluding hydrogens is 266 g/mol. The fraction of sp³-hybridized carbons (Fsp3) is 0.312. The summed E-state index contributed by atoms with van der Waals surface area (Å²) in [6, 6.07) is 7.14. The van der Waals surface area contributed by atoms with Crippen molar-refractivity contribution in [2.24, 2.45) is 0 Å². The third kappa shape index (κ3) is 4.87. The molecule has 2 rings (SSSR count). The summed E-state index contributed by atoms with van der Waals surface area (Å²) in [5.74, 6) is 0.672. The Bertz CT molecular complexity index is 568. The molecule has 0 spiro atoms. The van der Waals surface area contributed by atoms with Crippen LogP contribution in [0.2, 0.25) is 0 Å². The predicted octanol–water partition coefficient (Wildman–Crippen LogP) is 2.24. The van der Waals surface area contributed by atoms with Crippen molar-refractivity contribution >= 4 is 5.91 Å². The largest absolute Gasteiger partial charge is 0.491 e.